The van der Waals surface area contributed by atoms with Crippen LogP contribution in [0.3, 0.4) is 0 Å². The van der Waals surface area contributed by atoms with Gasteiger partial charge in [-0.1, -0.05) is 6.42 Å². The number of nitrogens with one attached hydrogen (secondary N) is 1. The molecule has 0 rings (SSSR count). The van der Waals surface area contributed by atoms with Gasteiger partial charge in [-0.15, -0.1) is 0 Å². The highest BCUT2D eigenvalue weighted by molar-refractivity contribution is 5.72. The molecular weight excluding hydrogens is 156 g/mol. The van der Waals surface area contributed by atoms with Crippen molar-refractivity contribution in [3.05, 3.63) is 0 Å². The minimum atomic E-state index is -0.797. The first-order valence-electron chi connectivity index (χ1n) is 4.34. The molecule has 72 valence electrons. The molecule has 4 nitrogen and oxygen atoms in total. The van der Waals surface area contributed by atoms with Crippen LogP contribution >= 0.6 is 0 Å². The van der Waals surface area contributed by atoms with Crippen molar-refractivity contribution in [3.8, 4) is 0 Å². The van der Waals surface area contributed by atoms with Crippen molar-refractivity contribution in [1.82, 2.24) is 5.32 Å². The Labute approximate surface area is 73.1 Å². The SMILES string of the molecule is C[C@H](NCCCCCN)C(=O)O. The maximum absolute atomic E-state index is 10.3. The summed E-state index contributed by atoms with van der Waals surface area (Å²) in [6.07, 6.45) is 3.08. The molecule has 0 aromatic carbocycles. The molecule has 12 heavy (non-hydrogen) atoms. The Morgan fingerprint density at radius 3 is 2.67 bits per heavy atom. The molecule has 0 aliphatic heterocycles. The van der Waals surface area contributed by atoms with Gasteiger partial charge in [-0.05, 0) is 32.9 Å². The molecular formula is C8H18N2O2. The van der Waals surface area contributed by atoms with E-state index in [1.807, 2.05) is 0 Å². The highest BCUT2D eigenvalue weighted by Crippen LogP contribution is 1.92. The topological polar surface area (TPSA) is 75.3 Å². The maximum atomic E-state index is 10.3. The Morgan fingerprint density at radius 1 is 1.50 bits per heavy atom. The van der Waals surface area contributed by atoms with Gasteiger partial charge in [-0.25, -0.2) is 0 Å². The van der Waals surface area contributed by atoms with Gasteiger partial charge >= 0.3 is 5.97 Å². The third-order valence-corrected chi connectivity index (χ3v) is 1.70. The van der Waals surface area contributed by atoms with Crippen molar-refractivity contribution in [2.75, 3.05) is 13.1 Å². The molecule has 0 spiro atoms. The quantitative estimate of drug-likeness (QED) is 0.481. The molecule has 0 bridgehead atoms. The molecule has 0 saturated carbocycles. The summed E-state index contributed by atoms with van der Waals surface area (Å²) in [6.45, 7) is 3.12. The summed E-state index contributed by atoms with van der Waals surface area (Å²) in [7, 11) is 0. The first-order valence-corrected chi connectivity index (χ1v) is 4.34. The van der Waals surface area contributed by atoms with E-state index < -0.39 is 12.0 Å². The Bertz CT molecular complexity index is 128. The lowest BCUT2D eigenvalue weighted by Gasteiger charge is -2.07. The molecule has 0 amide bonds. The van der Waals surface area contributed by atoms with E-state index in [0.717, 1.165) is 25.8 Å². The van der Waals surface area contributed by atoms with Crippen LogP contribution in [0.1, 0.15) is 26.2 Å². The van der Waals surface area contributed by atoms with E-state index in [-0.39, 0.29) is 0 Å². The molecule has 0 aromatic rings. The second-order valence-corrected chi connectivity index (χ2v) is 2.86. The summed E-state index contributed by atoms with van der Waals surface area (Å²) in [4.78, 5) is 10.3. The van der Waals surface area contributed by atoms with Gasteiger partial charge in [0.2, 0.25) is 0 Å². The number of hydrogen-bond donors (Lipinski definition) is 3. The lowest BCUT2D eigenvalue weighted by molar-refractivity contribution is -0.138. The van der Waals surface area contributed by atoms with Crippen LogP contribution in [0.5, 0.6) is 0 Å². The highest BCUT2D eigenvalue weighted by atomic mass is 16.4. The number of nitrogens with two attached hydrogens (primary N) is 1. The number of carbonyl (C=O) groups is 1. The van der Waals surface area contributed by atoms with E-state index in [2.05, 4.69) is 5.32 Å². The van der Waals surface area contributed by atoms with Gasteiger partial charge in [0.25, 0.3) is 0 Å². The lowest BCUT2D eigenvalue weighted by atomic mass is 10.2. The predicted molar refractivity (Wildman–Crippen MR) is 48.0 cm³/mol. The summed E-state index contributed by atoms with van der Waals surface area (Å²) in [6, 6.07) is -0.442. The second kappa shape index (κ2) is 7.06. The Balaban J connectivity index is 3.14. The minimum absolute atomic E-state index is 0.442. The van der Waals surface area contributed by atoms with Gasteiger partial charge in [0.05, 0.1) is 0 Å². The van der Waals surface area contributed by atoms with Crippen molar-refractivity contribution in [3.63, 3.8) is 0 Å². The van der Waals surface area contributed by atoms with Crippen LogP contribution in [0, 0.1) is 0 Å². The zero-order chi connectivity index (χ0) is 9.40. The summed E-state index contributed by atoms with van der Waals surface area (Å²) in [5, 5.41) is 11.4. The van der Waals surface area contributed by atoms with Gasteiger partial charge in [-0.2, -0.15) is 0 Å². The average Bonchev–Trinajstić information content (AvgIpc) is 2.03. The molecule has 0 aliphatic rings. The van der Waals surface area contributed by atoms with Gasteiger partial charge in [0.15, 0.2) is 0 Å². The van der Waals surface area contributed by atoms with E-state index in [1.165, 1.54) is 0 Å². The number of unbranched alkanes of at least 4 members (excludes halogenated alkanes) is 2. The van der Waals surface area contributed by atoms with Crippen LogP contribution in [-0.2, 0) is 4.79 Å². The summed E-state index contributed by atoms with van der Waals surface area (Å²) >= 11 is 0. The molecule has 0 radical (unpaired) electrons. The fourth-order valence-electron chi connectivity index (χ4n) is 0.852. The van der Waals surface area contributed by atoms with Crippen LogP contribution < -0.4 is 11.1 Å². The normalized spacial score (nSPS) is 12.8. The zero-order valence-corrected chi connectivity index (χ0v) is 7.55. The van der Waals surface area contributed by atoms with Crippen molar-refractivity contribution in [1.29, 1.82) is 0 Å². The Morgan fingerprint density at radius 2 is 2.17 bits per heavy atom. The summed E-state index contributed by atoms with van der Waals surface area (Å²) in [5.41, 5.74) is 5.30. The fraction of sp³-hybridized carbons (Fsp3) is 0.875. The third-order valence-electron chi connectivity index (χ3n) is 1.70. The molecule has 4 N–H and O–H groups in total. The predicted octanol–water partition coefficient (Wildman–Crippen LogP) is 0.178. The van der Waals surface area contributed by atoms with Crippen LogP contribution in [0.15, 0.2) is 0 Å². The van der Waals surface area contributed by atoms with E-state index in [0.29, 0.717) is 6.54 Å². The van der Waals surface area contributed by atoms with Crippen molar-refractivity contribution >= 4 is 5.97 Å². The molecule has 1 atom stereocenters. The Kier molecular flexibility index (Phi) is 6.70. The Hall–Kier alpha value is -0.610. The van der Waals surface area contributed by atoms with E-state index in [1.54, 1.807) is 6.92 Å². The minimum Gasteiger partial charge on any atom is -0.480 e. The summed E-state index contributed by atoms with van der Waals surface area (Å²) < 4.78 is 0. The molecule has 0 aliphatic carbocycles. The molecule has 4 heteroatoms. The molecule has 0 fully saturated rings. The first-order chi connectivity index (χ1) is 5.68. The largest absolute Gasteiger partial charge is 0.480 e. The smallest absolute Gasteiger partial charge is 0.320 e. The van der Waals surface area contributed by atoms with Crippen molar-refractivity contribution < 1.29 is 9.90 Å². The lowest BCUT2D eigenvalue weighted by Crippen LogP contribution is -2.34. The highest BCUT2D eigenvalue weighted by Gasteiger charge is 2.07. The van der Waals surface area contributed by atoms with Gasteiger partial charge in [-0.3, -0.25) is 4.79 Å². The summed E-state index contributed by atoms with van der Waals surface area (Å²) in [5.74, 6) is -0.797. The molecule has 0 saturated heterocycles. The van der Waals surface area contributed by atoms with Crippen LogP contribution in [-0.4, -0.2) is 30.2 Å². The van der Waals surface area contributed by atoms with Gasteiger partial charge in [0, 0.05) is 0 Å². The number of aliphatic carboxylic acids is 1. The van der Waals surface area contributed by atoms with E-state index in [4.69, 9.17) is 10.8 Å². The molecule has 0 heterocycles. The monoisotopic (exact) mass is 174 g/mol. The van der Waals surface area contributed by atoms with E-state index >= 15 is 0 Å². The van der Waals surface area contributed by atoms with Gasteiger partial charge in [0.1, 0.15) is 6.04 Å². The van der Waals surface area contributed by atoms with Crippen LogP contribution in [0.4, 0.5) is 0 Å². The number of carboxylic acids is 1. The van der Waals surface area contributed by atoms with E-state index in [9.17, 15) is 4.79 Å². The van der Waals surface area contributed by atoms with Crippen LogP contribution in [0.2, 0.25) is 0 Å². The second-order valence-electron chi connectivity index (χ2n) is 2.86. The zero-order valence-electron chi connectivity index (χ0n) is 7.55. The van der Waals surface area contributed by atoms with Crippen molar-refractivity contribution in [2.24, 2.45) is 5.73 Å². The maximum Gasteiger partial charge on any atom is 0.320 e. The number of rotatable bonds is 7. The third kappa shape index (κ3) is 6.12. The van der Waals surface area contributed by atoms with Gasteiger partial charge < -0.3 is 16.2 Å². The van der Waals surface area contributed by atoms with Crippen molar-refractivity contribution in [2.45, 2.75) is 32.2 Å². The first kappa shape index (κ1) is 11.4. The molecule has 0 aromatic heterocycles. The van der Waals surface area contributed by atoms with Crippen LogP contribution in [0.25, 0.3) is 0 Å². The average molecular weight is 174 g/mol. The number of hydrogen-bond acceptors (Lipinski definition) is 3. The number of carboxylic acid groups (broad SMARTS) is 1. The fourth-order valence-corrected chi connectivity index (χ4v) is 0.852. The standard InChI is InChI=1S/C8H18N2O2/c1-7(8(11)12)10-6-4-2-3-5-9/h7,10H,2-6,9H2,1H3,(H,11,12)/t7-/m0/s1. The molecule has 0 unspecified atom stereocenters.